The number of rotatable bonds is 2. The molecule has 1 spiro atoms. The summed E-state index contributed by atoms with van der Waals surface area (Å²) < 4.78 is 1.78. The highest BCUT2D eigenvalue weighted by molar-refractivity contribution is 6.00. The highest BCUT2D eigenvalue weighted by Gasteiger charge is 2.40. The second kappa shape index (κ2) is 5.81. The molecule has 1 aromatic carbocycles. The molecule has 7 heteroatoms. The minimum atomic E-state index is -0.411. The first kappa shape index (κ1) is 15.8. The Morgan fingerprint density at radius 2 is 1.96 bits per heavy atom. The zero-order valence-electron chi connectivity index (χ0n) is 14.7. The highest BCUT2D eigenvalue weighted by atomic mass is 16.2. The third-order valence-corrected chi connectivity index (χ3v) is 6.29. The van der Waals surface area contributed by atoms with Gasteiger partial charge in [0.2, 0.25) is 5.91 Å². The summed E-state index contributed by atoms with van der Waals surface area (Å²) in [5, 5.41) is 11.4. The number of anilines is 1. The number of fused-ring (bicyclic) bond motifs is 1. The largest absolute Gasteiger partial charge is 0.371 e. The third-order valence-electron chi connectivity index (χ3n) is 6.29. The van der Waals surface area contributed by atoms with Crippen LogP contribution in [0.1, 0.15) is 31.7 Å². The first-order chi connectivity index (χ1) is 12.7. The summed E-state index contributed by atoms with van der Waals surface area (Å²) in [6.45, 7) is 4.42. The molecule has 2 amide bonds. The molecule has 0 radical (unpaired) electrons. The molecule has 1 unspecified atom stereocenters. The molecule has 3 fully saturated rings. The number of carbonyl (C=O) groups is 2. The van der Waals surface area contributed by atoms with E-state index in [9.17, 15) is 9.59 Å². The van der Waals surface area contributed by atoms with Gasteiger partial charge in [0.1, 0.15) is 6.04 Å². The summed E-state index contributed by atoms with van der Waals surface area (Å²) in [6, 6.07) is 5.79. The van der Waals surface area contributed by atoms with Crippen LogP contribution in [0.3, 0.4) is 0 Å². The maximum Gasteiger partial charge on any atom is 0.251 e. The van der Waals surface area contributed by atoms with Crippen LogP contribution in [0.25, 0.3) is 10.9 Å². The van der Waals surface area contributed by atoms with E-state index in [2.05, 4.69) is 26.7 Å². The minimum Gasteiger partial charge on any atom is -0.371 e. The standard InChI is InChI=1S/C19H23N5O2/c25-17-5-4-16(18(26)22-17)24-15-3-1-2-14(13(15)10-21-24)23-8-6-19(7-9-23)11-20-12-19/h1-3,10,16,20H,4-9,11-12H2,(H,22,25,26). The van der Waals surface area contributed by atoms with E-state index in [1.54, 1.807) is 4.68 Å². The van der Waals surface area contributed by atoms with Gasteiger partial charge in [-0.25, -0.2) is 0 Å². The van der Waals surface area contributed by atoms with E-state index in [1.807, 2.05) is 18.3 Å². The second-order valence-electron chi connectivity index (χ2n) is 7.86. The number of hydrogen-bond acceptors (Lipinski definition) is 5. The number of carbonyl (C=O) groups excluding carboxylic acids is 2. The molecule has 2 aromatic rings. The van der Waals surface area contributed by atoms with E-state index < -0.39 is 6.04 Å². The van der Waals surface area contributed by atoms with E-state index in [4.69, 9.17) is 0 Å². The van der Waals surface area contributed by atoms with Crippen LogP contribution in [0.5, 0.6) is 0 Å². The topological polar surface area (TPSA) is 79.3 Å². The average Bonchev–Trinajstić information content (AvgIpc) is 3.04. The molecular weight excluding hydrogens is 330 g/mol. The van der Waals surface area contributed by atoms with Gasteiger partial charge in [-0.1, -0.05) is 6.07 Å². The van der Waals surface area contributed by atoms with Gasteiger partial charge in [0, 0.05) is 43.7 Å². The Morgan fingerprint density at radius 3 is 2.65 bits per heavy atom. The van der Waals surface area contributed by atoms with Crippen molar-refractivity contribution in [2.75, 3.05) is 31.1 Å². The summed E-state index contributed by atoms with van der Waals surface area (Å²) in [5.41, 5.74) is 2.67. The number of piperidine rings is 2. The molecule has 2 N–H and O–H groups in total. The van der Waals surface area contributed by atoms with Gasteiger partial charge in [-0.3, -0.25) is 19.6 Å². The second-order valence-corrected chi connectivity index (χ2v) is 7.86. The molecule has 0 bridgehead atoms. The Hall–Kier alpha value is -2.41. The number of aromatic nitrogens is 2. The Labute approximate surface area is 151 Å². The fraction of sp³-hybridized carbons (Fsp3) is 0.526. The smallest absolute Gasteiger partial charge is 0.251 e. The van der Waals surface area contributed by atoms with Crippen LogP contribution in [0, 0.1) is 5.41 Å². The van der Waals surface area contributed by atoms with Crippen molar-refractivity contribution in [3.8, 4) is 0 Å². The van der Waals surface area contributed by atoms with E-state index >= 15 is 0 Å². The lowest BCUT2D eigenvalue weighted by molar-refractivity contribution is -0.135. The van der Waals surface area contributed by atoms with Crippen LogP contribution >= 0.6 is 0 Å². The molecule has 4 heterocycles. The molecule has 3 saturated heterocycles. The van der Waals surface area contributed by atoms with Crippen molar-refractivity contribution in [2.45, 2.75) is 31.7 Å². The highest BCUT2D eigenvalue weighted by Crippen LogP contribution is 2.38. The van der Waals surface area contributed by atoms with Crippen LogP contribution < -0.4 is 15.5 Å². The molecule has 0 saturated carbocycles. The van der Waals surface area contributed by atoms with Crippen LogP contribution in [0.4, 0.5) is 5.69 Å². The fourth-order valence-electron chi connectivity index (χ4n) is 4.55. The lowest BCUT2D eigenvalue weighted by Gasteiger charge is -2.49. The summed E-state index contributed by atoms with van der Waals surface area (Å²) in [6.07, 6.45) is 5.17. The van der Waals surface area contributed by atoms with Gasteiger partial charge in [-0.2, -0.15) is 5.10 Å². The quantitative estimate of drug-likeness (QED) is 0.794. The normalized spacial score (nSPS) is 25.4. The van der Waals surface area contributed by atoms with Crippen molar-refractivity contribution in [2.24, 2.45) is 5.41 Å². The van der Waals surface area contributed by atoms with Gasteiger partial charge in [-0.15, -0.1) is 0 Å². The van der Waals surface area contributed by atoms with Crippen molar-refractivity contribution in [3.05, 3.63) is 24.4 Å². The van der Waals surface area contributed by atoms with Crippen molar-refractivity contribution >= 4 is 28.4 Å². The summed E-state index contributed by atoms with van der Waals surface area (Å²) in [7, 11) is 0. The van der Waals surface area contributed by atoms with Crippen molar-refractivity contribution in [3.63, 3.8) is 0 Å². The number of amides is 2. The van der Waals surface area contributed by atoms with Crippen LogP contribution in [0.2, 0.25) is 0 Å². The van der Waals surface area contributed by atoms with Gasteiger partial charge in [0.05, 0.1) is 11.7 Å². The minimum absolute atomic E-state index is 0.198. The summed E-state index contributed by atoms with van der Waals surface area (Å²) >= 11 is 0. The Balaban J connectivity index is 1.44. The van der Waals surface area contributed by atoms with Gasteiger partial charge in [-0.05, 0) is 36.8 Å². The number of hydrogen-bond donors (Lipinski definition) is 2. The predicted molar refractivity (Wildman–Crippen MR) is 97.9 cm³/mol. The van der Waals surface area contributed by atoms with E-state index in [0.717, 1.165) is 37.1 Å². The lowest BCUT2D eigenvalue weighted by atomic mass is 9.73. The van der Waals surface area contributed by atoms with E-state index in [0.29, 0.717) is 18.3 Å². The van der Waals surface area contributed by atoms with Crippen molar-refractivity contribution in [1.82, 2.24) is 20.4 Å². The lowest BCUT2D eigenvalue weighted by Crippen LogP contribution is -2.58. The molecular formula is C19H23N5O2. The number of imide groups is 1. The Kier molecular flexibility index (Phi) is 3.53. The van der Waals surface area contributed by atoms with Gasteiger partial charge in [0.15, 0.2) is 0 Å². The molecule has 1 aromatic heterocycles. The predicted octanol–water partition coefficient (Wildman–Crippen LogP) is 1.20. The molecule has 136 valence electrons. The molecule has 0 aliphatic carbocycles. The zero-order valence-corrected chi connectivity index (χ0v) is 14.7. The molecule has 1 atom stereocenters. The third kappa shape index (κ3) is 2.41. The van der Waals surface area contributed by atoms with Gasteiger partial charge >= 0.3 is 0 Å². The maximum absolute atomic E-state index is 12.2. The van der Waals surface area contributed by atoms with Gasteiger partial charge < -0.3 is 10.2 Å². The molecule has 26 heavy (non-hydrogen) atoms. The SMILES string of the molecule is O=C1CCC(n2ncc3c(N4CCC5(CC4)CNC5)cccc32)C(=O)N1. The maximum atomic E-state index is 12.2. The summed E-state index contributed by atoms with van der Waals surface area (Å²) in [5.74, 6) is -0.454. The summed E-state index contributed by atoms with van der Waals surface area (Å²) in [4.78, 5) is 26.1. The Bertz CT molecular complexity index is 875. The van der Waals surface area contributed by atoms with Crippen LogP contribution in [-0.2, 0) is 9.59 Å². The van der Waals surface area contributed by atoms with Crippen molar-refractivity contribution in [1.29, 1.82) is 0 Å². The average molecular weight is 353 g/mol. The van der Waals surface area contributed by atoms with E-state index in [-0.39, 0.29) is 11.8 Å². The molecule has 3 aliphatic heterocycles. The van der Waals surface area contributed by atoms with E-state index in [1.165, 1.54) is 18.5 Å². The monoisotopic (exact) mass is 353 g/mol. The molecule has 5 rings (SSSR count). The number of nitrogens with zero attached hydrogens (tertiary/aromatic N) is 3. The first-order valence-electron chi connectivity index (χ1n) is 9.41. The molecule has 7 nitrogen and oxygen atoms in total. The van der Waals surface area contributed by atoms with Crippen molar-refractivity contribution < 1.29 is 9.59 Å². The van der Waals surface area contributed by atoms with Crippen LogP contribution in [-0.4, -0.2) is 47.8 Å². The molecule has 3 aliphatic rings. The number of nitrogens with one attached hydrogen (secondary N) is 2. The Morgan fingerprint density at radius 1 is 1.15 bits per heavy atom. The number of benzene rings is 1. The van der Waals surface area contributed by atoms with Crippen LogP contribution in [0.15, 0.2) is 24.4 Å². The zero-order chi connectivity index (χ0) is 17.7. The van der Waals surface area contributed by atoms with Gasteiger partial charge in [0.25, 0.3) is 5.91 Å². The first-order valence-corrected chi connectivity index (χ1v) is 9.41. The fourth-order valence-corrected chi connectivity index (χ4v) is 4.55.